The van der Waals surface area contributed by atoms with Gasteiger partial charge in [-0.3, -0.25) is 9.69 Å². The predicted octanol–water partition coefficient (Wildman–Crippen LogP) is 3.27. The third kappa shape index (κ3) is 3.34. The first-order chi connectivity index (χ1) is 11.7. The zero-order valence-corrected chi connectivity index (χ0v) is 14.0. The number of likely N-dealkylation sites (N-methyl/N-ethyl adjacent to an activating group) is 1. The minimum Gasteiger partial charge on any atom is -0.314 e. The van der Waals surface area contributed by atoms with E-state index in [1.54, 1.807) is 4.90 Å². The highest BCUT2D eigenvalue weighted by Gasteiger charge is 2.29. The zero-order chi connectivity index (χ0) is 16.9. The Kier molecular flexibility index (Phi) is 4.98. The maximum absolute atomic E-state index is 12.7. The average molecular weight is 318 g/mol. The molecule has 1 aliphatic rings. The highest BCUT2D eigenvalue weighted by Crippen LogP contribution is 2.35. The molecule has 24 heavy (non-hydrogen) atoms. The summed E-state index contributed by atoms with van der Waals surface area (Å²) >= 11 is 0. The summed E-state index contributed by atoms with van der Waals surface area (Å²) in [4.78, 5) is 16.5. The van der Waals surface area contributed by atoms with Crippen LogP contribution in [0.3, 0.4) is 0 Å². The summed E-state index contributed by atoms with van der Waals surface area (Å²) in [6.45, 7) is 0.808. The molecular formula is C21H22N2O. The van der Waals surface area contributed by atoms with Gasteiger partial charge >= 0.3 is 0 Å². The molecule has 0 radical (unpaired) electrons. The van der Waals surface area contributed by atoms with Crippen LogP contribution >= 0.6 is 0 Å². The predicted molar refractivity (Wildman–Crippen MR) is 97.8 cm³/mol. The molecule has 0 unspecified atom stereocenters. The van der Waals surface area contributed by atoms with Gasteiger partial charge in [0.25, 0.3) is 0 Å². The molecule has 3 nitrogen and oxygen atoms in total. The van der Waals surface area contributed by atoms with Gasteiger partial charge in [-0.15, -0.1) is 6.42 Å². The summed E-state index contributed by atoms with van der Waals surface area (Å²) in [6.07, 6.45) is 7.63. The van der Waals surface area contributed by atoms with Gasteiger partial charge in [0.1, 0.15) is 0 Å². The van der Waals surface area contributed by atoms with Crippen LogP contribution < -0.4 is 4.90 Å². The van der Waals surface area contributed by atoms with Gasteiger partial charge in [-0.1, -0.05) is 48.4 Å². The minimum absolute atomic E-state index is 0.0563. The lowest BCUT2D eigenvalue weighted by atomic mass is 10.1. The molecule has 2 aromatic rings. The number of amides is 1. The van der Waals surface area contributed by atoms with Crippen LogP contribution in [0.15, 0.2) is 54.6 Å². The molecule has 0 fully saturated rings. The second kappa shape index (κ2) is 7.33. The zero-order valence-electron chi connectivity index (χ0n) is 14.0. The molecule has 0 aromatic heterocycles. The number of anilines is 1. The number of para-hydroxylation sites is 1. The Morgan fingerprint density at radius 2 is 1.88 bits per heavy atom. The van der Waals surface area contributed by atoms with E-state index in [9.17, 15) is 4.79 Å². The van der Waals surface area contributed by atoms with Crippen molar-refractivity contribution in [2.45, 2.75) is 18.9 Å². The lowest BCUT2D eigenvalue weighted by Crippen LogP contribution is -2.40. The molecule has 0 saturated heterocycles. The first kappa shape index (κ1) is 16.3. The smallest absolute Gasteiger partial charge is 0.240 e. The molecule has 1 amide bonds. The molecule has 0 saturated carbocycles. The van der Waals surface area contributed by atoms with Crippen LogP contribution in [0.5, 0.6) is 0 Å². The maximum atomic E-state index is 12.7. The van der Waals surface area contributed by atoms with Gasteiger partial charge in [-0.25, -0.2) is 0 Å². The van der Waals surface area contributed by atoms with Crippen molar-refractivity contribution in [1.82, 2.24) is 4.90 Å². The summed E-state index contributed by atoms with van der Waals surface area (Å²) in [5.41, 5.74) is 3.58. The monoisotopic (exact) mass is 318 g/mol. The molecule has 3 rings (SSSR count). The van der Waals surface area contributed by atoms with Gasteiger partial charge in [0, 0.05) is 18.8 Å². The maximum Gasteiger partial charge on any atom is 0.240 e. The molecule has 3 heteroatoms. The number of terminal acetylenes is 1. The van der Waals surface area contributed by atoms with E-state index in [1.807, 2.05) is 37.4 Å². The van der Waals surface area contributed by atoms with Gasteiger partial charge in [0.2, 0.25) is 5.91 Å². The summed E-state index contributed by atoms with van der Waals surface area (Å²) in [6, 6.07) is 18.4. The van der Waals surface area contributed by atoms with Gasteiger partial charge < -0.3 is 4.90 Å². The first-order valence-corrected chi connectivity index (χ1v) is 8.27. The Hall–Kier alpha value is -2.57. The van der Waals surface area contributed by atoms with Crippen LogP contribution in [0.2, 0.25) is 0 Å². The van der Waals surface area contributed by atoms with Crippen LogP contribution in [0, 0.1) is 12.3 Å². The van der Waals surface area contributed by atoms with Crippen molar-refractivity contribution in [3.63, 3.8) is 0 Å². The van der Waals surface area contributed by atoms with Crippen molar-refractivity contribution in [2.75, 3.05) is 25.0 Å². The lowest BCUT2D eigenvalue weighted by molar-refractivity contribution is -0.119. The van der Waals surface area contributed by atoms with E-state index in [1.165, 1.54) is 11.1 Å². The summed E-state index contributed by atoms with van der Waals surface area (Å²) in [5.74, 6) is 2.77. The Morgan fingerprint density at radius 1 is 1.17 bits per heavy atom. The topological polar surface area (TPSA) is 23.6 Å². The van der Waals surface area contributed by atoms with E-state index in [2.05, 4.69) is 35.1 Å². The number of carbonyl (C=O) groups excluding carboxylic acids is 1. The van der Waals surface area contributed by atoms with Crippen molar-refractivity contribution in [1.29, 1.82) is 0 Å². The Labute approximate surface area is 143 Å². The SMILES string of the molecule is C#CCN(CC(=O)N(C)c1ccccc1)[C@@H]1CCc2ccccc21. The van der Waals surface area contributed by atoms with Gasteiger partial charge in [0.15, 0.2) is 0 Å². The quantitative estimate of drug-likeness (QED) is 0.790. The number of carbonyl (C=O) groups is 1. The largest absolute Gasteiger partial charge is 0.314 e. The van der Waals surface area contributed by atoms with E-state index < -0.39 is 0 Å². The normalized spacial score (nSPS) is 15.8. The number of fused-ring (bicyclic) bond motifs is 1. The van der Waals surface area contributed by atoms with Crippen LogP contribution in [0.25, 0.3) is 0 Å². The molecule has 1 atom stereocenters. The van der Waals surface area contributed by atoms with Crippen molar-refractivity contribution < 1.29 is 4.79 Å². The third-order valence-corrected chi connectivity index (χ3v) is 4.69. The molecule has 122 valence electrons. The van der Waals surface area contributed by atoms with Crippen molar-refractivity contribution in [3.8, 4) is 12.3 Å². The van der Waals surface area contributed by atoms with E-state index >= 15 is 0 Å². The Bertz CT molecular complexity index is 748. The summed E-state index contributed by atoms with van der Waals surface area (Å²) in [7, 11) is 1.81. The second-order valence-electron chi connectivity index (χ2n) is 6.15. The fourth-order valence-corrected chi connectivity index (χ4v) is 3.38. The van der Waals surface area contributed by atoms with Crippen LogP contribution in [-0.4, -0.2) is 30.9 Å². The standard InChI is InChI=1S/C21H22N2O/c1-3-15-23(20-14-13-17-9-7-8-12-19(17)20)16-21(24)22(2)18-10-5-4-6-11-18/h1,4-12,20H,13-16H2,2H3/t20-/m1/s1. The molecule has 0 spiro atoms. The number of hydrogen-bond acceptors (Lipinski definition) is 2. The summed E-state index contributed by atoms with van der Waals surface area (Å²) < 4.78 is 0. The van der Waals surface area contributed by atoms with Crippen molar-refractivity contribution in [3.05, 3.63) is 65.7 Å². The molecule has 0 heterocycles. The summed E-state index contributed by atoms with van der Waals surface area (Å²) in [5, 5.41) is 0. The van der Waals surface area contributed by atoms with E-state index in [0.29, 0.717) is 13.1 Å². The molecule has 1 aliphatic carbocycles. The number of aryl methyl sites for hydroxylation is 1. The molecule has 0 aliphatic heterocycles. The highest BCUT2D eigenvalue weighted by molar-refractivity contribution is 5.94. The van der Waals surface area contributed by atoms with E-state index in [0.717, 1.165) is 18.5 Å². The average Bonchev–Trinajstić information content (AvgIpc) is 3.05. The number of benzene rings is 2. The third-order valence-electron chi connectivity index (χ3n) is 4.69. The van der Waals surface area contributed by atoms with E-state index in [4.69, 9.17) is 6.42 Å². The van der Waals surface area contributed by atoms with E-state index in [-0.39, 0.29) is 11.9 Å². The minimum atomic E-state index is 0.0563. The fourth-order valence-electron chi connectivity index (χ4n) is 3.38. The molecule has 0 bridgehead atoms. The molecule has 0 N–H and O–H groups in total. The first-order valence-electron chi connectivity index (χ1n) is 8.27. The Morgan fingerprint density at radius 3 is 2.62 bits per heavy atom. The van der Waals surface area contributed by atoms with Crippen molar-refractivity contribution in [2.24, 2.45) is 0 Å². The lowest BCUT2D eigenvalue weighted by Gasteiger charge is -2.29. The van der Waals surface area contributed by atoms with Crippen LogP contribution in [0.1, 0.15) is 23.6 Å². The molecular weight excluding hydrogens is 296 g/mol. The van der Waals surface area contributed by atoms with Gasteiger partial charge in [-0.05, 0) is 36.1 Å². The number of hydrogen-bond donors (Lipinski definition) is 0. The van der Waals surface area contributed by atoms with Crippen molar-refractivity contribution >= 4 is 11.6 Å². The highest BCUT2D eigenvalue weighted by atomic mass is 16.2. The fraction of sp³-hybridized carbons (Fsp3) is 0.286. The van der Waals surface area contributed by atoms with Gasteiger partial charge in [0.05, 0.1) is 13.1 Å². The van der Waals surface area contributed by atoms with Crippen LogP contribution in [-0.2, 0) is 11.2 Å². The molecule has 2 aromatic carbocycles. The van der Waals surface area contributed by atoms with Gasteiger partial charge in [-0.2, -0.15) is 0 Å². The Balaban J connectivity index is 1.76. The number of rotatable bonds is 5. The van der Waals surface area contributed by atoms with Crippen LogP contribution in [0.4, 0.5) is 5.69 Å². The second-order valence-corrected chi connectivity index (χ2v) is 6.15. The number of nitrogens with zero attached hydrogens (tertiary/aromatic N) is 2.